The van der Waals surface area contributed by atoms with Crippen LogP contribution in [0.1, 0.15) is 37.7 Å². The van der Waals surface area contributed by atoms with E-state index in [-0.39, 0.29) is 18.7 Å². The molecule has 4 nitrogen and oxygen atoms in total. The number of aliphatic hydroxyl groups is 1. The molecule has 0 aromatic heterocycles. The predicted molar refractivity (Wildman–Crippen MR) is 93.8 cm³/mol. The minimum absolute atomic E-state index is 0.00776. The van der Waals surface area contributed by atoms with Crippen LogP contribution < -0.4 is 10.1 Å². The van der Waals surface area contributed by atoms with Crippen LogP contribution in [0.25, 0.3) is 11.1 Å². The molecule has 0 radical (unpaired) electrons. The molecular weight excluding hydrogens is 302 g/mol. The van der Waals surface area contributed by atoms with Gasteiger partial charge in [0.25, 0.3) is 0 Å². The fraction of sp³-hybridized carbons (Fsp3) is 0.350. The molecule has 2 aromatic rings. The van der Waals surface area contributed by atoms with Crippen LogP contribution in [0, 0.1) is 0 Å². The first-order valence-corrected chi connectivity index (χ1v) is 8.53. The van der Waals surface area contributed by atoms with E-state index in [1.807, 2.05) is 42.5 Å². The number of rotatable bonds is 4. The lowest BCUT2D eigenvalue weighted by Gasteiger charge is -2.22. The second-order valence-electron chi connectivity index (χ2n) is 6.26. The number of hydrogen-bond acceptors (Lipinski definition) is 3. The topological polar surface area (TPSA) is 58.6 Å². The van der Waals surface area contributed by atoms with E-state index in [0.717, 1.165) is 29.5 Å². The smallest absolute Gasteiger partial charge is 0.410 e. The number of ether oxygens (including phenoxy) is 1. The second kappa shape index (κ2) is 7.97. The van der Waals surface area contributed by atoms with Gasteiger partial charge in [-0.1, -0.05) is 49.6 Å². The maximum absolute atomic E-state index is 12.1. The van der Waals surface area contributed by atoms with Gasteiger partial charge in [0.15, 0.2) is 0 Å². The Balaban J connectivity index is 1.67. The summed E-state index contributed by atoms with van der Waals surface area (Å²) in [6, 6.07) is 15.4. The van der Waals surface area contributed by atoms with Crippen LogP contribution in [0.2, 0.25) is 0 Å². The van der Waals surface area contributed by atoms with Crippen molar-refractivity contribution in [3.05, 3.63) is 54.1 Å². The van der Waals surface area contributed by atoms with Crippen LogP contribution >= 0.6 is 0 Å². The summed E-state index contributed by atoms with van der Waals surface area (Å²) < 4.78 is 5.44. The summed E-state index contributed by atoms with van der Waals surface area (Å²) in [4.78, 5) is 12.1. The highest BCUT2D eigenvalue weighted by Crippen LogP contribution is 2.25. The van der Waals surface area contributed by atoms with Crippen molar-refractivity contribution in [2.75, 3.05) is 0 Å². The first-order valence-electron chi connectivity index (χ1n) is 8.53. The lowest BCUT2D eigenvalue weighted by Crippen LogP contribution is -2.37. The van der Waals surface area contributed by atoms with E-state index in [1.165, 1.54) is 19.3 Å². The SMILES string of the molecule is O=C(NC1CCCCC1)Oc1cccc(-c2cccc(CO)c2)c1. The van der Waals surface area contributed by atoms with Gasteiger partial charge in [0.1, 0.15) is 5.75 Å². The molecule has 0 bridgehead atoms. The zero-order chi connectivity index (χ0) is 16.8. The highest BCUT2D eigenvalue weighted by atomic mass is 16.6. The highest BCUT2D eigenvalue weighted by molar-refractivity contribution is 5.72. The van der Waals surface area contributed by atoms with Crippen molar-refractivity contribution in [1.29, 1.82) is 0 Å². The number of carbonyl (C=O) groups is 1. The minimum Gasteiger partial charge on any atom is -0.410 e. The molecule has 1 fully saturated rings. The van der Waals surface area contributed by atoms with Crippen LogP contribution in [-0.2, 0) is 6.61 Å². The third kappa shape index (κ3) is 4.36. The van der Waals surface area contributed by atoms with Gasteiger partial charge in [-0.15, -0.1) is 0 Å². The summed E-state index contributed by atoms with van der Waals surface area (Å²) in [7, 11) is 0. The Hall–Kier alpha value is -2.33. The number of carbonyl (C=O) groups excluding carboxylic acids is 1. The average molecular weight is 325 g/mol. The third-order valence-electron chi connectivity index (χ3n) is 4.41. The summed E-state index contributed by atoms with van der Waals surface area (Å²) in [5.41, 5.74) is 2.79. The van der Waals surface area contributed by atoms with Crippen LogP contribution in [-0.4, -0.2) is 17.2 Å². The first kappa shape index (κ1) is 16.5. The molecule has 0 aliphatic heterocycles. The van der Waals surface area contributed by atoms with Crippen LogP contribution in [0.3, 0.4) is 0 Å². The van der Waals surface area contributed by atoms with Gasteiger partial charge in [-0.3, -0.25) is 0 Å². The molecule has 0 atom stereocenters. The zero-order valence-corrected chi connectivity index (χ0v) is 13.7. The van der Waals surface area contributed by atoms with Gasteiger partial charge >= 0.3 is 6.09 Å². The third-order valence-corrected chi connectivity index (χ3v) is 4.41. The van der Waals surface area contributed by atoms with Crippen molar-refractivity contribution >= 4 is 6.09 Å². The molecule has 2 N–H and O–H groups in total. The summed E-state index contributed by atoms with van der Waals surface area (Å²) in [6.45, 7) is 0.00776. The summed E-state index contributed by atoms with van der Waals surface area (Å²) >= 11 is 0. The molecule has 1 amide bonds. The Morgan fingerprint density at radius 2 is 1.75 bits per heavy atom. The summed E-state index contributed by atoms with van der Waals surface area (Å²) in [6.07, 6.45) is 5.26. The fourth-order valence-corrected chi connectivity index (χ4v) is 3.14. The highest BCUT2D eigenvalue weighted by Gasteiger charge is 2.16. The Labute approximate surface area is 142 Å². The van der Waals surface area contributed by atoms with E-state index in [2.05, 4.69) is 5.32 Å². The van der Waals surface area contributed by atoms with Crippen molar-refractivity contribution in [3.8, 4) is 16.9 Å². The molecule has 1 saturated carbocycles. The van der Waals surface area contributed by atoms with Crippen molar-refractivity contribution in [3.63, 3.8) is 0 Å². The lowest BCUT2D eigenvalue weighted by molar-refractivity contribution is 0.192. The fourth-order valence-electron chi connectivity index (χ4n) is 3.14. The van der Waals surface area contributed by atoms with Gasteiger partial charge in [0.05, 0.1) is 6.61 Å². The van der Waals surface area contributed by atoms with Gasteiger partial charge < -0.3 is 15.2 Å². The number of amides is 1. The number of hydrogen-bond donors (Lipinski definition) is 2. The van der Waals surface area contributed by atoms with Gasteiger partial charge in [-0.05, 0) is 47.7 Å². The van der Waals surface area contributed by atoms with E-state index < -0.39 is 0 Å². The minimum atomic E-state index is -0.386. The van der Waals surface area contributed by atoms with E-state index in [4.69, 9.17) is 4.74 Å². The predicted octanol–water partition coefficient (Wildman–Crippen LogP) is 4.27. The van der Waals surface area contributed by atoms with Crippen LogP contribution in [0.15, 0.2) is 48.5 Å². The molecule has 0 unspecified atom stereocenters. The molecule has 0 saturated heterocycles. The van der Waals surface area contributed by atoms with Gasteiger partial charge in [-0.25, -0.2) is 4.79 Å². The van der Waals surface area contributed by atoms with Gasteiger partial charge in [-0.2, -0.15) is 0 Å². The molecule has 126 valence electrons. The molecule has 4 heteroatoms. The Kier molecular flexibility index (Phi) is 5.49. The average Bonchev–Trinajstić information content (AvgIpc) is 2.63. The molecule has 0 spiro atoms. The van der Waals surface area contributed by atoms with Crippen molar-refractivity contribution in [2.24, 2.45) is 0 Å². The summed E-state index contributed by atoms with van der Waals surface area (Å²) in [5.74, 6) is 0.523. The van der Waals surface area contributed by atoms with Crippen molar-refractivity contribution in [2.45, 2.75) is 44.8 Å². The quantitative estimate of drug-likeness (QED) is 0.882. The molecule has 1 aliphatic carbocycles. The summed E-state index contributed by atoms with van der Waals surface area (Å²) in [5, 5.41) is 12.2. The van der Waals surface area contributed by atoms with E-state index >= 15 is 0 Å². The molecule has 1 aliphatic rings. The first-order chi connectivity index (χ1) is 11.7. The van der Waals surface area contributed by atoms with Gasteiger partial charge in [0, 0.05) is 6.04 Å². The van der Waals surface area contributed by atoms with Crippen molar-refractivity contribution in [1.82, 2.24) is 5.32 Å². The van der Waals surface area contributed by atoms with E-state index in [9.17, 15) is 9.90 Å². The molecule has 3 rings (SSSR count). The standard InChI is InChI=1S/C20H23NO3/c22-14-15-6-4-7-16(12-15)17-8-5-11-19(13-17)24-20(23)21-18-9-2-1-3-10-18/h4-8,11-13,18,22H,1-3,9-10,14H2,(H,21,23). The molecular formula is C20H23NO3. The Morgan fingerprint density at radius 1 is 1.04 bits per heavy atom. The number of aliphatic hydroxyl groups excluding tert-OH is 1. The van der Waals surface area contributed by atoms with Crippen LogP contribution in [0.4, 0.5) is 4.79 Å². The van der Waals surface area contributed by atoms with E-state index in [1.54, 1.807) is 6.07 Å². The second-order valence-corrected chi connectivity index (χ2v) is 6.26. The monoisotopic (exact) mass is 325 g/mol. The van der Waals surface area contributed by atoms with Crippen molar-refractivity contribution < 1.29 is 14.6 Å². The maximum Gasteiger partial charge on any atom is 0.412 e. The van der Waals surface area contributed by atoms with Crippen LogP contribution in [0.5, 0.6) is 5.75 Å². The Morgan fingerprint density at radius 3 is 2.50 bits per heavy atom. The lowest BCUT2D eigenvalue weighted by atomic mass is 9.96. The number of benzene rings is 2. The molecule has 0 heterocycles. The zero-order valence-electron chi connectivity index (χ0n) is 13.7. The van der Waals surface area contributed by atoms with E-state index in [0.29, 0.717) is 5.75 Å². The van der Waals surface area contributed by atoms with Gasteiger partial charge in [0.2, 0.25) is 0 Å². The number of nitrogens with one attached hydrogen (secondary N) is 1. The Bertz CT molecular complexity index is 693. The molecule has 24 heavy (non-hydrogen) atoms. The normalized spacial score (nSPS) is 15.0. The maximum atomic E-state index is 12.1. The largest absolute Gasteiger partial charge is 0.412 e. The molecule has 2 aromatic carbocycles.